The van der Waals surface area contributed by atoms with Crippen LogP contribution in [0, 0.1) is 6.92 Å². The highest BCUT2D eigenvalue weighted by Gasteiger charge is 2.07. The molecule has 1 aromatic carbocycles. The third-order valence-electron chi connectivity index (χ3n) is 2.17. The van der Waals surface area contributed by atoms with Crippen LogP contribution < -0.4 is 5.73 Å². The van der Waals surface area contributed by atoms with Gasteiger partial charge in [-0.25, -0.2) is 0 Å². The van der Waals surface area contributed by atoms with Gasteiger partial charge in [-0.15, -0.1) is 0 Å². The van der Waals surface area contributed by atoms with Crippen molar-refractivity contribution in [1.29, 1.82) is 0 Å². The van der Waals surface area contributed by atoms with Crippen molar-refractivity contribution in [3.63, 3.8) is 0 Å². The predicted molar refractivity (Wildman–Crippen MR) is 55.0 cm³/mol. The lowest BCUT2D eigenvalue weighted by Crippen LogP contribution is -2.12. The van der Waals surface area contributed by atoms with Gasteiger partial charge in [0.25, 0.3) is 0 Å². The Bertz CT molecular complexity index is 306. The summed E-state index contributed by atoms with van der Waals surface area (Å²) in [4.78, 5) is 10.3. The van der Waals surface area contributed by atoms with Gasteiger partial charge in [-0.2, -0.15) is 0 Å². The molecule has 1 rings (SSSR count). The van der Waals surface area contributed by atoms with Gasteiger partial charge in [0, 0.05) is 12.5 Å². The molecule has 0 saturated carbocycles. The first-order valence-electron chi connectivity index (χ1n) is 4.63. The van der Waals surface area contributed by atoms with Crippen molar-refractivity contribution in [2.45, 2.75) is 25.8 Å². The highest BCUT2D eigenvalue weighted by atomic mass is 16.4. The molecule has 1 unspecified atom stereocenters. The van der Waals surface area contributed by atoms with Crippen molar-refractivity contribution >= 4 is 5.97 Å². The summed E-state index contributed by atoms with van der Waals surface area (Å²) in [5, 5.41) is 8.50. The molecule has 0 aliphatic rings. The van der Waals surface area contributed by atoms with Crippen LogP contribution in [-0.4, -0.2) is 11.1 Å². The van der Waals surface area contributed by atoms with Crippen molar-refractivity contribution in [3.05, 3.63) is 35.4 Å². The molecule has 0 heterocycles. The molecule has 0 radical (unpaired) electrons. The molecule has 0 saturated heterocycles. The van der Waals surface area contributed by atoms with E-state index in [2.05, 4.69) is 0 Å². The average molecular weight is 193 g/mol. The highest BCUT2D eigenvalue weighted by molar-refractivity contribution is 5.66. The standard InChI is InChI=1S/C11H15NO2/c1-8-2-4-9(5-3-8)10(12)6-7-11(13)14/h2-5,10H,6-7,12H2,1H3,(H,13,14). The fourth-order valence-electron chi connectivity index (χ4n) is 1.26. The molecule has 3 heteroatoms. The summed E-state index contributed by atoms with van der Waals surface area (Å²) in [5.74, 6) is -0.799. The Kier molecular flexibility index (Phi) is 3.65. The first-order valence-corrected chi connectivity index (χ1v) is 4.63. The zero-order chi connectivity index (χ0) is 10.6. The van der Waals surface area contributed by atoms with E-state index in [0.717, 1.165) is 5.56 Å². The second-order valence-electron chi connectivity index (χ2n) is 3.45. The molecule has 3 N–H and O–H groups in total. The number of benzene rings is 1. The van der Waals surface area contributed by atoms with E-state index in [-0.39, 0.29) is 12.5 Å². The highest BCUT2D eigenvalue weighted by Crippen LogP contribution is 2.15. The van der Waals surface area contributed by atoms with Crippen molar-refractivity contribution in [2.24, 2.45) is 5.73 Å². The second-order valence-corrected chi connectivity index (χ2v) is 3.45. The molecule has 1 aromatic rings. The summed E-state index contributed by atoms with van der Waals surface area (Å²) in [7, 11) is 0. The first kappa shape index (κ1) is 10.7. The van der Waals surface area contributed by atoms with Crippen LogP contribution in [0.2, 0.25) is 0 Å². The van der Waals surface area contributed by atoms with E-state index in [9.17, 15) is 4.79 Å². The van der Waals surface area contributed by atoms with Gasteiger partial charge < -0.3 is 10.8 Å². The summed E-state index contributed by atoms with van der Waals surface area (Å²) in [6, 6.07) is 7.68. The van der Waals surface area contributed by atoms with Crippen LogP contribution in [0.25, 0.3) is 0 Å². The number of hydrogen-bond acceptors (Lipinski definition) is 2. The summed E-state index contributed by atoms with van der Waals surface area (Å²) in [5.41, 5.74) is 8.01. The summed E-state index contributed by atoms with van der Waals surface area (Å²) >= 11 is 0. The molecule has 0 spiro atoms. The Labute approximate surface area is 83.6 Å². The van der Waals surface area contributed by atoms with Crippen molar-refractivity contribution in [1.82, 2.24) is 0 Å². The Hall–Kier alpha value is -1.35. The largest absolute Gasteiger partial charge is 0.481 e. The van der Waals surface area contributed by atoms with E-state index < -0.39 is 5.97 Å². The Morgan fingerprint density at radius 3 is 2.50 bits per heavy atom. The number of rotatable bonds is 4. The predicted octanol–water partition coefficient (Wildman–Crippen LogP) is 1.86. The summed E-state index contributed by atoms with van der Waals surface area (Å²) < 4.78 is 0. The van der Waals surface area contributed by atoms with E-state index in [4.69, 9.17) is 10.8 Å². The SMILES string of the molecule is Cc1ccc(C(N)CCC(=O)O)cc1. The molecule has 0 amide bonds. The molecule has 3 nitrogen and oxygen atoms in total. The second kappa shape index (κ2) is 4.77. The first-order chi connectivity index (χ1) is 6.59. The molecule has 0 aliphatic heterocycles. The van der Waals surface area contributed by atoms with Crippen molar-refractivity contribution in [2.75, 3.05) is 0 Å². The van der Waals surface area contributed by atoms with Gasteiger partial charge in [0.2, 0.25) is 0 Å². The van der Waals surface area contributed by atoms with Crippen LogP contribution in [0.15, 0.2) is 24.3 Å². The molecule has 0 aliphatic carbocycles. The quantitative estimate of drug-likeness (QED) is 0.767. The number of aryl methyl sites for hydroxylation is 1. The number of carbonyl (C=O) groups is 1. The van der Waals surface area contributed by atoms with E-state index >= 15 is 0 Å². The molecule has 0 bridgehead atoms. The van der Waals surface area contributed by atoms with E-state index in [1.165, 1.54) is 5.56 Å². The monoisotopic (exact) mass is 193 g/mol. The van der Waals surface area contributed by atoms with E-state index in [0.29, 0.717) is 6.42 Å². The van der Waals surface area contributed by atoms with Crippen LogP contribution in [0.3, 0.4) is 0 Å². The van der Waals surface area contributed by atoms with Crippen LogP contribution in [0.1, 0.15) is 30.0 Å². The Balaban J connectivity index is 2.56. The molecule has 76 valence electrons. The molecule has 0 aromatic heterocycles. The van der Waals surface area contributed by atoms with Crippen LogP contribution in [0.4, 0.5) is 0 Å². The molecule has 14 heavy (non-hydrogen) atoms. The number of carboxylic acid groups (broad SMARTS) is 1. The van der Waals surface area contributed by atoms with Gasteiger partial charge in [0.05, 0.1) is 0 Å². The third kappa shape index (κ3) is 3.18. The minimum absolute atomic E-state index is 0.120. The number of hydrogen-bond donors (Lipinski definition) is 2. The van der Waals surface area contributed by atoms with E-state index in [1.54, 1.807) is 0 Å². The third-order valence-corrected chi connectivity index (χ3v) is 2.17. The maximum Gasteiger partial charge on any atom is 0.303 e. The zero-order valence-electron chi connectivity index (χ0n) is 8.23. The lowest BCUT2D eigenvalue weighted by molar-refractivity contribution is -0.137. The van der Waals surface area contributed by atoms with Gasteiger partial charge in [-0.3, -0.25) is 4.79 Å². The van der Waals surface area contributed by atoms with Gasteiger partial charge >= 0.3 is 5.97 Å². The van der Waals surface area contributed by atoms with Crippen LogP contribution in [-0.2, 0) is 4.79 Å². The van der Waals surface area contributed by atoms with Gasteiger partial charge in [0.15, 0.2) is 0 Å². The number of nitrogens with two attached hydrogens (primary N) is 1. The molecule has 0 fully saturated rings. The Morgan fingerprint density at radius 1 is 1.43 bits per heavy atom. The minimum Gasteiger partial charge on any atom is -0.481 e. The summed E-state index contributed by atoms with van der Waals surface area (Å²) in [6.07, 6.45) is 0.605. The summed E-state index contributed by atoms with van der Waals surface area (Å²) in [6.45, 7) is 2.01. The lowest BCUT2D eigenvalue weighted by atomic mass is 10.0. The zero-order valence-corrected chi connectivity index (χ0v) is 8.23. The molecular formula is C11H15NO2. The molecular weight excluding hydrogens is 178 g/mol. The molecule has 1 atom stereocenters. The fourth-order valence-corrected chi connectivity index (χ4v) is 1.26. The minimum atomic E-state index is -0.799. The van der Waals surface area contributed by atoms with E-state index in [1.807, 2.05) is 31.2 Å². The van der Waals surface area contributed by atoms with Crippen LogP contribution >= 0.6 is 0 Å². The normalized spacial score (nSPS) is 12.4. The van der Waals surface area contributed by atoms with Gasteiger partial charge in [0.1, 0.15) is 0 Å². The fraction of sp³-hybridized carbons (Fsp3) is 0.364. The maximum atomic E-state index is 10.3. The Morgan fingerprint density at radius 2 is 2.00 bits per heavy atom. The average Bonchev–Trinajstić information content (AvgIpc) is 2.15. The maximum absolute atomic E-state index is 10.3. The number of carboxylic acids is 1. The topological polar surface area (TPSA) is 63.3 Å². The van der Waals surface area contributed by atoms with Gasteiger partial charge in [-0.05, 0) is 18.9 Å². The lowest BCUT2D eigenvalue weighted by Gasteiger charge is -2.10. The van der Waals surface area contributed by atoms with Crippen molar-refractivity contribution < 1.29 is 9.90 Å². The van der Waals surface area contributed by atoms with Gasteiger partial charge in [-0.1, -0.05) is 29.8 Å². The van der Waals surface area contributed by atoms with Crippen LogP contribution in [0.5, 0.6) is 0 Å². The smallest absolute Gasteiger partial charge is 0.303 e. The number of aliphatic carboxylic acids is 1. The van der Waals surface area contributed by atoms with Crippen molar-refractivity contribution in [3.8, 4) is 0 Å².